The summed E-state index contributed by atoms with van der Waals surface area (Å²) in [5, 5.41) is 0. The minimum Gasteiger partial charge on any atom is -0.212 e. The number of nitrogens with zero attached hydrogens (tertiary/aromatic N) is 2. The smallest absolute Gasteiger partial charge is 0.212 e. The third-order valence-electron chi connectivity index (χ3n) is 4.22. The molecule has 3 rings (SSSR count). The van der Waals surface area contributed by atoms with Crippen LogP contribution in [0.2, 0.25) is 0 Å². The van der Waals surface area contributed by atoms with Gasteiger partial charge in [-0.2, -0.15) is 8.61 Å². The number of rotatable bonds is 5. The first-order valence-corrected chi connectivity index (χ1v) is 11.1. The summed E-state index contributed by atoms with van der Waals surface area (Å²) in [6.45, 7) is 0.215. The fourth-order valence-electron chi connectivity index (χ4n) is 2.84. The molecule has 26 heavy (non-hydrogen) atoms. The van der Waals surface area contributed by atoms with Crippen LogP contribution in [0.3, 0.4) is 0 Å². The quantitative estimate of drug-likeness (QED) is 0.768. The van der Waals surface area contributed by atoms with E-state index in [1.807, 2.05) is 6.07 Å². The van der Waals surface area contributed by atoms with Crippen LogP contribution in [0.15, 0.2) is 59.5 Å². The van der Waals surface area contributed by atoms with E-state index in [1.165, 1.54) is 26.8 Å². The molecule has 0 N–H and O–H groups in total. The maximum atomic E-state index is 13.3. The number of halogens is 1. The molecule has 0 amide bonds. The molecule has 1 heterocycles. The van der Waals surface area contributed by atoms with Gasteiger partial charge in [0.2, 0.25) is 20.0 Å². The Bertz CT molecular complexity index is 971. The van der Waals surface area contributed by atoms with E-state index in [0.717, 1.165) is 6.07 Å². The van der Waals surface area contributed by atoms with Crippen molar-refractivity contribution in [2.75, 3.05) is 26.2 Å². The molecular weight excluding hydrogens is 379 g/mol. The minimum atomic E-state index is -3.84. The monoisotopic (exact) mass is 398 g/mol. The van der Waals surface area contributed by atoms with E-state index < -0.39 is 25.9 Å². The van der Waals surface area contributed by atoms with E-state index in [0.29, 0.717) is 5.56 Å². The van der Waals surface area contributed by atoms with E-state index in [4.69, 9.17) is 0 Å². The van der Waals surface area contributed by atoms with E-state index in [9.17, 15) is 21.2 Å². The van der Waals surface area contributed by atoms with Gasteiger partial charge < -0.3 is 0 Å². The van der Waals surface area contributed by atoms with Gasteiger partial charge in [-0.1, -0.05) is 36.4 Å². The van der Waals surface area contributed by atoms with Crippen LogP contribution >= 0.6 is 0 Å². The standard InChI is InChI=1S/C17H19FN2O4S2/c18-16-7-4-8-17(13-16)26(23,24)20-11-9-19(10-12-20)25(21,22)14-15-5-2-1-3-6-15/h1-8,13H,9-12,14H2. The highest BCUT2D eigenvalue weighted by atomic mass is 32.2. The van der Waals surface area contributed by atoms with Crippen molar-refractivity contribution in [1.82, 2.24) is 8.61 Å². The van der Waals surface area contributed by atoms with Gasteiger partial charge in [-0.3, -0.25) is 0 Å². The third-order valence-corrected chi connectivity index (χ3v) is 7.96. The second-order valence-corrected chi connectivity index (χ2v) is 9.91. The molecule has 140 valence electrons. The van der Waals surface area contributed by atoms with Gasteiger partial charge in [-0.25, -0.2) is 21.2 Å². The van der Waals surface area contributed by atoms with E-state index in [2.05, 4.69) is 0 Å². The molecule has 1 saturated heterocycles. The van der Waals surface area contributed by atoms with E-state index >= 15 is 0 Å². The first-order valence-electron chi connectivity index (χ1n) is 8.06. The molecule has 6 nitrogen and oxygen atoms in total. The highest BCUT2D eigenvalue weighted by molar-refractivity contribution is 7.89. The lowest BCUT2D eigenvalue weighted by Gasteiger charge is -2.33. The molecule has 0 saturated carbocycles. The molecule has 0 aromatic heterocycles. The molecule has 2 aromatic rings. The Morgan fingerprint density at radius 1 is 0.808 bits per heavy atom. The summed E-state index contributed by atoms with van der Waals surface area (Å²) in [6, 6.07) is 13.6. The summed E-state index contributed by atoms with van der Waals surface area (Å²) in [6.07, 6.45) is 0. The first-order chi connectivity index (χ1) is 12.3. The molecular formula is C17H19FN2O4S2. The minimum absolute atomic E-state index is 0.0346. The third kappa shape index (κ3) is 4.12. The molecule has 9 heteroatoms. The number of sulfonamides is 2. The molecule has 0 spiro atoms. The molecule has 0 atom stereocenters. The fourth-order valence-corrected chi connectivity index (χ4v) is 5.81. The molecule has 0 bridgehead atoms. The van der Waals surface area contributed by atoms with Crippen LogP contribution in [0.4, 0.5) is 4.39 Å². The van der Waals surface area contributed by atoms with E-state index in [-0.39, 0.29) is 36.8 Å². The molecule has 1 fully saturated rings. The van der Waals surface area contributed by atoms with Crippen LogP contribution in [-0.4, -0.2) is 51.6 Å². The van der Waals surface area contributed by atoms with Crippen molar-refractivity contribution < 1.29 is 21.2 Å². The summed E-state index contributed by atoms with van der Waals surface area (Å²) in [5.74, 6) is -0.750. The van der Waals surface area contributed by atoms with Gasteiger partial charge in [-0.15, -0.1) is 0 Å². The zero-order valence-corrected chi connectivity index (χ0v) is 15.6. The van der Waals surface area contributed by atoms with Crippen molar-refractivity contribution in [3.63, 3.8) is 0 Å². The average molecular weight is 398 g/mol. The van der Waals surface area contributed by atoms with Gasteiger partial charge in [0.05, 0.1) is 10.6 Å². The topological polar surface area (TPSA) is 74.8 Å². The maximum Gasteiger partial charge on any atom is 0.243 e. The van der Waals surface area contributed by atoms with Crippen LogP contribution in [0, 0.1) is 5.82 Å². The molecule has 0 aliphatic carbocycles. The van der Waals surface area contributed by atoms with Gasteiger partial charge in [0.1, 0.15) is 5.82 Å². The maximum absolute atomic E-state index is 13.3. The average Bonchev–Trinajstić information content (AvgIpc) is 2.62. The van der Waals surface area contributed by atoms with E-state index in [1.54, 1.807) is 24.3 Å². The van der Waals surface area contributed by atoms with Crippen LogP contribution in [-0.2, 0) is 25.8 Å². The predicted molar refractivity (Wildman–Crippen MR) is 95.8 cm³/mol. The summed E-state index contributed by atoms with van der Waals surface area (Å²) < 4.78 is 66.0. The van der Waals surface area contributed by atoms with Gasteiger partial charge in [0.15, 0.2) is 0 Å². The Morgan fingerprint density at radius 2 is 1.42 bits per heavy atom. The SMILES string of the molecule is O=S(=O)(Cc1ccccc1)N1CCN(S(=O)(=O)c2cccc(F)c2)CC1. The molecule has 1 aliphatic rings. The highest BCUT2D eigenvalue weighted by Gasteiger charge is 2.33. The number of hydrogen-bond acceptors (Lipinski definition) is 4. The zero-order chi connectivity index (χ0) is 18.8. The first kappa shape index (κ1) is 19.0. The van der Waals surface area contributed by atoms with Crippen LogP contribution in [0.25, 0.3) is 0 Å². The van der Waals surface area contributed by atoms with Gasteiger partial charge in [0.25, 0.3) is 0 Å². The lowest BCUT2D eigenvalue weighted by molar-refractivity contribution is 0.272. The van der Waals surface area contributed by atoms with Crippen LogP contribution < -0.4 is 0 Å². The van der Waals surface area contributed by atoms with Crippen molar-refractivity contribution in [3.05, 3.63) is 66.0 Å². The lowest BCUT2D eigenvalue weighted by atomic mass is 10.2. The second-order valence-electron chi connectivity index (χ2n) is 6.00. The molecule has 0 radical (unpaired) electrons. The summed E-state index contributed by atoms with van der Waals surface area (Å²) in [4.78, 5) is -0.127. The summed E-state index contributed by atoms with van der Waals surface area (Å²) in [5.41, 5.74) is 0.683. The molecule has 1 aliphatic heterocycles. The highest BCUT2D eigenvalue weighted by Crippen LogP contribution is 2.20. The Kier molecular flexibility index (Phi) is 5.42. The largest absolute Gasteiger partial charge is 0.243 e. The van der Waals surface area contributed by atoms with Crippen molar-refractivity contribution in [1.29, 1.82) is 0 Å². The normalized spacial score (nSPS) is 17.3. The van der Waals surface area contributed by atoms with Crippen LogP contribution in [0.5, 0.6) is 0 Å². The molecule has 2 aromatic carbocycles. The van der Waals surface area contributed by atoms with Crippen molar-refractivity contribution in [2.45, 2.75) is 10.6 Å². The second kappa shape index (κ2) is 7.43. The summed E-state index contributed by atoms with van der Waals surface area (Å²) in [7, 11) is -7.37. The Labute approximate surface area is 153 Å². The Balaban J connectivity index is 1.69. The number of piperazine rings is 1. The van der Waals surface area contributed by atoms with Crippen molar-refractivity contribution >= 4 is 20.0 Å². The van der Waals surface area contributed by atoms with Crippen LogP contribution in [0.1, 0.15) is 5.56 Å². The number of benzene rings is 2. The van der Waals surface area contributed by atoms with Gasteiger partial charge >= 0.3 is 0 Å². The number of hydrogen-bond donors (Lipinski definition) is 0. The fraction of sp³-hybridized carbons (Fsp3) is 0.294. The van der Waals surface area contributed by atoms with Gasteiger partial charge in [-0.05, 0) is 23.8 Å². The molecule has 0 unspecified atom stereocenters. The van der Waals surface area contributed by atoms with Crippen molar-refractivity contribution in [2.24, 2.45) is 0 Å². The zero-order valence-electron chi connectivity index (χ0n) is 14.0. The Hall–Kier alpha value is -1.81. The lowest BCUT2D eigenvalue weighted by Crippen LogP contribution is -2.50. The summed E-state index contributed by atoms with van der Waals surface area (Å²) >= 11 is 0. The predicted octanol–water partition coefficient (Wildman–Crippen LogP) is 1.66. The van der Waals surface area contributed by atoms with Crippen molar-refractivity contribution in [3.8, 4) is 0 Å². The van der Waals surface area contributed by atoms with Gasteiger partial charge in [0, 0.05) is 26.2 Å². The Morgan fingerprint density at radius 3 is 2.04 bits per heavy atom.